The summed E-state index contributed by atoms with van der Waals surface area (Å²) in [4.78, 5) is 11.4. The van der Waals surface area contributed by atoms with Crippen LogP contribution in [0.25, 0.3) is 0 Å². The predicted octanol–water partition coefficient (Wildman–Crippen LogP) is 0.819. The van der Waals surface area contributed by atoms with Gasteiger partial charge in [-0.15, -0.1) is 0 Å². The molecule has 1 amide bonds. The van der Waals surface area contributed by atoms with Crippen molar-refractivity contribution >= 4 is 11.6 Å². The van der Waals surface area contributed by atoms with Gasteiger partial charge in [-0.05, 0) is 13.3 Å². The molecule has 17 heavy (non-hydrogen) atoms. The molecule has 0 aliphatic carbocycles. The fourth-order valence-electron chi connectivity index (χ4n) is 1.72. The van der Waals surface area contributed by atoms with Gasteiger partial charge in [-0.1, -0.05) is 0 Å². The molecule has 1 unspecified atom stereocenters. The number of amides is 1. The summed E-state index contributed by atoms with van der Waals surface area (Å²) in [6, 6.07) is 0.285. The van der Waals surface area contributed by atoms with Gasteiger partial charge in [0.1, 0.15) is 6.61 Å². The summed E-state index contributed by atoms with van der Waals surface area (Å²) in [6.07, 6.45) is 4.43. The van der Waals surface area contributed by atoms with Crippen LogP contribution in [0.2, 0.25) is 0 Å². The van der Waals surface area contributed by atoms with Gasteiger partial charge in [-0.2, -0.15) is 5.10 Å². The number of carbonyl (C=O) groups excluding carboxylic acids is 1. The van der Waals surface area contributed by atoms with Gasteiger partial charge in [0, 0.05) is 19.4 Å². The Balaban J connectivity index is 1.87. The summed E-state index contributed by atoms with van der Waals surface area (Å²) in [5.74, 6) is -0.158. The number of rotatable bonds is 5. The minimum Gasteiger partial charge on any atom is -0.379 e. The van der Waals surface area contributed by atoms with E-state index < -0.39 is 0 Å². The molecule has 1 aromatic heterocycles. The number of carbonyl (C=O) groups is 1. The second kappa shape index (κ2) is 5.79. The fourth-order valence-corrected chi connectivity index (χ4v) is 1.72. The number of hydrogen-bond acceptors (Lipinski definition) is 4. The van der Waals surface area contributed by atoms with Crippen LogP contribution in [-0.4, -0.2) is 42.1 Å². The predicted molar refractivity (Wildman–Crippen MR) is 61.8 cm³/mol. The van der Waals surface area contributed by atoms with Gasteiger partial charge < -0.3 is 14.8 Å². The summed E-state index contributed by atoms with van der Waals surface area (Å²) in [5, 5.41) is 6.95. The molecule has 0 saturated carbocycles. The van der Waals surface area contributed by atoms with Crippen molar-refractivity contribution in [3.05, 3.63) is 12.4 Å². The molecule has 0 spiro atoms. The van der Waals surface area contributed by atoms with Gasteiger partial charge in [-0.25, -0.2) is 0 Å². The van der Waals surface area contributed by atoms with Gasteiger partial charge in [-0.3, -0.25) is 9.48 Å². The highest BCUT2D eigenvalue weighted by atomic mass is 16.5. The van der Waals surface area contributed by atoms with Crippen molar-refractivity contribution in [2.75, 3.05) is 31.7 Å². The van der Waals surface area contributed by atoms with Crippen LogP contribution in [0.4, 0.5) is 5.69 Å². The summed E-state index contributed by atoms with van der Waals surface area (Å²) in [7, 11) is 0. The highest BCUT2D eigenvalue weighted by Crippen LogP contribution is 2.19. The molecule has 1 fully saturated rings. The number of ether oxygens (including phenoxy) is 2. The maximum Gasteiger partial charge on any atom is 0.250 e. The minimum absolute atomic E-state index is 0.0776. The largest absolute Gasteiger partial charge is 0.379 e. The molecule has 1 saturated heterocycles. The van der Waals surface area contributed by atoms with Crippen molar-refractivity contribution in [3.63, 3.8) is 0 Å². The van der Waals surface area contributed by atoms with Gasteiger partial charge >= 0.3 is 0 Å². The van der Waals surface area contributed by atoms with E-state index in [2.05, 4.69) is 10.4 Å². The Kier molecular flexibility index (Phi) is 4.11. The highest BCUT2D eigenvalue weighted by Gasteiger charge is 2.18. The molecule has 1 atom stereocenters. The standard InChI is InChI=1S/C11H17N3O3/c1-2-16-8-11(15)13-9-5-12-14(6-9)10-3-4-17-7-10/h5-6,10H,2-4,7-8H2,1H3,(H,13,15). The first-order valence-corrected chi connectivity index (χ1v) is 5.79. The van der Waals surface area contributed by atoms with Crippen molar-refractivity contribution in [2.45, 2.75) is 19.4 Å². The minimum atomic E-state index is -0.158. The van der Waals surface area contributed by atoms with Gasteiger partial charge in [0.05, 0.1) is 24.5 Å². The number of nitrogens with zero attached hydrogens (tertiary/aromatic N) is 2. The van der Waals surface area contributed by atoms with Crippen molar-refractivity contribution in [1.29, 1.82) is 0 Å². The lowest BCUT2D eigenvalue weighted by Gasteiger charge is -2.06. The van der Waals surface area contributed by atoms with Gasteiger partial charge in [0.15, 0.2) is 0 Å². The van der Waals surface area contributed by atoms with Crippen molar-refractivity contribution in [2.24, 2.45) is 0 Å². The Morgan fingerprint density at radius 3 is 3.35 bits per heavy atom. The third-order valence-corrected chi connectivity index (χ3v) is 2.60. The summed E-state index contributed by atoms with van der Waals surface area (Å²) < 4.78 is 12.1. The summed E-state index contributed by atoms with van der Waals surface area (Å²) >= 11 is 0. The lowest BCUT2D eigenvalue weighted by atomic mass is 10.3. The molecule has 94 valence electrons. The third kappa shape index (κ3) is 3.28. The Bertz CT molecular complexity index is 372. The van der Waals surface area contributed by atoms with Crippen LogP contribution >= 0.6 is 0 Å². The molecule has 1 N–H and O–H groups in total. The van der Waals surface area contributed by atoms with E-state index in [9.17, 15) is 4.79 Å². The quantitative estimate of drug-likeness (QED) is 0.826. The van der Waals surface area contributed by atoms with Crippen molar-refractivity contribution in [1.82, 2.24) is 9.78 Å². The SMILES string of the molecule is CCOCC(=O)Nc1cnn(C2CCOC2)c1. The molecule has 2 rings (SSSR count). The second-order valence-corrected chi connectivity index (χ2v) is 3.91. The summed E-state index contributed by atoms with van der Waals surface area (Å²) in [6.45, 7) is 3.93. The van der Waals surface area contributed by atoms with E-state index in [1.165, 1.54) is 0 Å². The van der Waals surface area contributed by atoms with Crippen molar-refractivity contribution < 1.29 is 14.3 Å². The number of hydrogen-bond donors (Lipinski definition) is 1. The van der Waals surface area contributed by atoms with Crippen LogP contribution in [0.5, 0.6) is 0 Å². The maximum atomic E-state index is 11.4. The molecule has 6 nitrogen and oxygen atoms in total. The van der Waals surface area contributed by atoms with E-state index in [0.717, 1.165) is 13.0 Å². The third-order valence-electron chi connectivity index (χ3n) is 2.60. The molecule has 0 aromatic carbocycles. The zero-order chi connectivity index (χ0) is 12.1. The summed E-state index contributed by atoms with van der Waals surface area (Å²) in [5.41, 5.74) is 0.696. The number of anilines is 1. The van der Waals surface area contributed by atoms with Crippen LogP contribution < -0.4 is 5.32 Å². The molecule has 1 aromatic rings. The molecular weight excluding hydrogens is 222 g/mol. The van der Waals surface area contributed by atoms with E-state index in [1.807, 2.05) is 17.8 Å². The first kappa shape index (κ1) is 12.1. The van der Waals surface area contributed by atoms with Gasteiger partial charge in [0.25, 0.3) is 0 Å². The zero-order valence-electron chi connectivity index (χ0n) is 9.89. The Labute approximate surface area is 99.9 Å². The average Bonchev–Trinajstić information content (AvgIpc) is 2.95. The Morgan fingerprint density at radius 1 is 1.76 bits per heavy atom. The molecule has 0 bridgehead atoms. The van der Waals surface area contributed by atoms with Crippen molar-refractivity contribution in [3.8, 4) is 0 Å². The van der Waals surface area contributed by atoms with Crippen LogP contribution in [0.3, 0.4) is 0 Å². The van der Waals surface area contributed by atoms with E-state index in [1.54, 1.807) is 6.20 Å². The lowest BCUT2D eigenvalue weighted by molar-refractivity contribution is -0.120. The monoisotopic (exact) mass is 239 g/mol. The smallest absolute Gasteiger partial charge is 0.250 e. The highest BCUT2D eigenvalue weighted by molar-refractivity contribution is 5.91. The fraction of sp³-hybridized carbons (Fsp3) is 0.636. The van der Waals surface area contributed by atoms with E-state index in [0.29, 0.717) is 18.9 Å². The zero-order valence-corrected chi connectivity index (χ0v) is 9.89. The molecule has 6 heteroatoms. The van der Waals surface area contributed by atoms with Crippen LogP contribution in [0, 0.1) is 0 Å². The number of nitrogens with one attached hydrogen (secondary N) is 1. The molecular formula is C11H17N3O3. The normalized spacial score (nSPS) is 19.5. The molecule has 1 aliphatic rings. The Hall–Kier alpha value is -1.40. The van der Waals surface area contributed by atoms with Crippen LogP contribution in [0.15, 0.2) is 12.4 Å². The number of aromatic nitrogens is 2. The molecule has 2 heterocycles. The molecule has 1 aliphatic heterocycles. The second-order valence-electron chi connectivity index (χ2n) is 3.91. The Morgan fingerprint density at radius 2 is 2.65 bits per heavy atom. The average molecular weight is 239 g/mol. The van der Waals surface area contributed by atoms with Gasteiger partial charge in [0.2, 0.25) is 5.91 Å². The first-order chi connectivity index (χ1) is 8.29. The van der Waals surface area contributed by atoms with E-state index in [4.69, 9.17) is 9.47 Å². The van der Waals surface area contributed by atoms with Crippen LogP contribution in [0.1, 0.15) is 19.4 Å². The lowest BCUT2D eigenvalue weighted by Crippen LogP contribution is -2.17. The maximum absolute atomic E-state index is 11.4. The molecule has 0 radical (unpaired) electrons. The topological polar surface area (TPSA) is 65.4 Å². The van der Waals surface area contributed by atoms with E-state index in [-0.39, 0.29) is 18.6 Å². The van der Waals surface area contributed by atoms with Crippen LogP contribution in [-0.2, 0) is 14.3 Å². The first-order valence-electron chi connectivity index (χ1n) is 5.79. The van der Waals surface area contributed by atoms with E-state index >= 15 is 0 Å².